The van der Waals surface area contributed by atoms with Crippen LogP contribution < -0.4 is 5.56 Å². The van der Waals surface area contributed by atoms with E-state index in [0.717, 1.165) is 4.88 Å². The molecule has 14 heteroatoms. The van der Waals surface area contributed by atoms with Gasteiger partial charge in [-0.15, -0.1) is 11.3 Å². The average molecular weight is 463 g/mol. The molecule has 0 radical (unpaired) electrons. The van der Waals surface area contributed by atoms with Gasteiger partial charge >= 0.3 is 24.1 Å². The molecule has 168 valence electrons. The van der Waals surface area contributed by atoms with Crippen molar-refractivity contribution in [2.75, 3.05) is 13.1 Å². The van der Waals surface area contributed by atoms with Crippen LogP contribution in [0, 0.1) is 17.8 Å². The van der Waals surface area contributed by atoms with Crippen LogP contribution in [-0.2, 0) is 20.9 Å². The Balaban J connectivity index is 0.000000339. The summed E-state index contributed by atoms with van der Waals surface area (Å²) >= 11 is 1.40. The smallest absolute Gasteiger partial charge is 0.481 e. The maximum Gasteiger partial charge on any atom is 0.490 e. The Morgan fingerprint density at radius 3 is 2.13 bits per heavy atom. The zero-order chi connectivity index (χ0) is 23.4. The highest BCUT2D eigenvalue weighted by Gasteiger charge is 2.80. The van der Waals surface area contributed by atoms with Gasteiger partial charge in [-0.2, -0.15) is 13.2 Å². The number of nitrogens with zero attached hydrogens (tertiary/aromatic N) is 3. The first-order valence-corrected chi connectivity index (χ1v) is 9.51. The monoisotopic (exact) mass is 463 g/mol. The topological polar surface area (TPSA) is 150 Å². The molecule has 0 unspecified atom stereocenters. The van der Waals surface area contributed by atoms with Crippen LogP contribution in [0.3, 0.4) is 0 Å². The predicted molar refractivity (Wildman–Crippen MR) is 97.8 cm³/mol. The largest absolute Gasteiger partial charge is 0.490 e. The summed E-state index contributed by atoms with van der Waals surface area (Å²) in [6, 6.07) is 1.42. The number of rotatable bonds is 4. The van der Waals surface area contributed by atoms with Crippen LogP contribution >= 0.6 is 11.3 Å². The van der Waals surface area contributed by atoms with Gasteiger partial charge < -0.3 is 15.3 Å². The fraction of sp³-hybridized carbons (Fsp3) is 0.471. The highest BCUT2D eigenvalue weighted by molar-refractivity contribution is 7.16. The highest BCUT2D eigenvalue weighted by atomic mass is 32.1. The molecule has 4 rings (SSSR count). The Morgan fingerprint density at radius 2 is 1.68 bits per heavy atom. The molecule has 1 saturated heterocycles. The molecule has 2 aromatic rings. The third-order valence-electron chi connectivity index (χ3n) is 5.36. The maximum atomic E-state index is 12.1. The lowest BCUT2D eigenvalue weighted by atomic mass is 9.97. The molecule has 10 nitrogen and oxygen atoms in total. The van der Waals surface area contributed by atoms with Gasteiger partial charge in [-0.25, -0.2) is 9.78 Å². The van der Waals surface area contributed by atoms with Crippen molar-refractivity contribution in [2.45, 2.75) is 26.1 Å². The van der Waals surface area contributed by atoms with Gasteiger partial charge in [-0.05, 0) is 13.3 Å². The number of piperidine rings is 1. The van der Waals surface area contributed by atoms with E-state index in [2.05, 4.69) is 4.98 Å². The highest BCUT2D eigenvalue weighted by Crippen LogP contribution is 2.68. The lowest BCUT2D eigenvalue weighted by molar-refractivity contribution is -0.192. The number of alkyl halides is 3. The molecule has 31 heavy (non-hydrogen) atoms. The molecule has 1 aliphatic heterocycles. The third-order valence-corrected chi connectivity index (χ3v) is 6.26. The first-order valence-electron chi connectivity index (χ1n) is 8.70. The van der Waals surface area contributed by atoms with Crippen molar-refractivity contribution in [2.24, 2.45) is 10.8 Å². The lowest BCUT2D eigenvalue weighted by Gasteiger charge is -2.18. The molecule has 2 fully saturated rings. The Kier molecular flexibility index (Phi) is 5.34. The van der Waals surface area contributed by atoms with E-state index >= 15 is 0 Å². The maximum absolute atomic E-state index is 12.1. The minimum absolute atomic E-state index is 0.166. The number of aryl methyl sites for hydroxylation is 1. The molecule has 2 aromatic heterocycles. The van der Waals surface area contributed by atoms with Crippen LogP contribution in [0.5, 0.6) is 0 Å². The van der Waals surface area contributed by atoms with Gasteiger partial charge in [0.1, 0.15) is 0 Å². The average Bonchev–Trinajstić information content (AvgIpc) is 2.94. The van der Waals surface area contributed by atoms with Gasteiger partial charge in [0.25, 0.3) is 5.56 Å². The van der Waals surface area contributed by atoms with Crippen LogP contribution in [0.2, 0.25) is 0 Å². The van der Waals surface area contributed by atoms with Crippen molar-refractivity contribution in [3.05, 3.63) is 33.2 Å². The van der Waals surface area contributed by atoms with Crippen LogP contribution in [0.25, 0.3) is 4.96 Å². The van der Waals surface area contributed by atoms with E-state index in [1.54, 1.807) is 11.1 Å². The van der Waals surface area contributed by atoms with E-state index in [-0.39, 0.29) is 31.6 Å². The zero-order valence-electron chi connectivity index (χ0n) is 15.8. The molecule has 3 heterocycles. The molecule has 2 atom stereocenters. The quantitative estimate of drug-likeness (QED) is 0.605. The molecular weight excluding hydrogens is 447 g/mol. The predicted octanol–water partition coefficient (Wildman–Crippen LogP) is 1.06. The van der Waals surface area contributed by atoms with Gasteiger partial charge in [0, 0.05) is 36.8 Å². The van der Waals surface area contributed by atoms with Crippen molar-refractivity contribution in [3.63, 3.8) is 0 Å². The number of likely N-dealkylation sites (tertiary alicyclic amines) is 1. The van der Waals surface area contributed by atoms with E-state index in [1.165, 1.54) is 21.8 Å². The number of fused-ring (bicyclic) bond motifs is 2. The summed E-state index contributed by atoms with van der Waals surface area (Å²) in [6.45, 7) is 2.49. The number of aliphatic carboxylic acids is 3. The van der Waals surface area contributed by atoms with Crippen LogP contribution in [0.15, 0.2) is 17.1 Å². The number of carboxylic acids is 3. The van der Waals surface area contributed by atoms with Crippen molar-refractivity contribution < 1.29 is 42.9 Å². The molecule has 0 bridgehead atoms. The Morgan fingerprint density at radius 1 is 1.16 bits per heavy atom. The molecular formula is C17H16F3N3O7S. The number of thiazole rings is 1. The first-order chi connectivity index (χ1) is 14.2. The minimum Gasteiger partial charge on any atom is -0.481 e. The molecule has 1 saturated carbocycles. The van der Waals surface area contributed by atoms with Crippen molar-refractivity contribution in [3.8, 4) is 0 Å². The standard InChI is InChI=1S/C15H15N3O5S.C2HF3O2/c1-8-3-18-10(19)2-9(16-13(18)24-8)4-17-6-14(11(20)21)5-15(14,7-17)12(22)23;3-2(4,5)1(6)7/h2-3H,4-7H2,1H3,(H,20,21)(H,22,23);(H,6,7)/t14-,15+;. The van der Waals surface area contributed by atoms with E-state index in [0.29, 0.717) is 10.7 Å². The number of aromatic nitrogens is 2. The number of carbonyl (C=O) groups is 3. The summed E-state index contributed by atoms with van der Waals surface area (Å²) in [5, 5.41) is 26.0. The summed E-state index contributed by atoms with van der Waals surface area (Å²) < 4.78 is 33.2. The Hall–Kier alpha value is -3.00. The zero-order valence-corrected chi connectivity index (χ0v) is 16.7. The van der Waals surface area contributed by atoms with Crippen LogP contribution in [-0.4, -0.2) is 66.8 Å². The Bertz CT molecular complexity index is 1120. The van der Waals surface area contributed by atoms with E-state index in [1.807, 2.05) is 6.92 Å². The van der Waals surface area contributed by atoms with Gasteiger partial charge in [0.2, 0.25) is 0 Å². The van der Waals surface area contributed by atoms with Gasteiger partial charge in [-0.3, -0.25) is 23.7 Å². The SMILES string of the molecule is Cc1cn2c(=O)cc(CN3C[C@@]4(C(=O)O)C[C@@]4(C(=O)O)C3)nc2s1.O=C(O)C(F)(F)F. The number of hydrogen-bond acceptors (Lipinski definition) is 7. The van der Waals surface area contributed by atoms with Crippen molar-refractivity contribution >= 4 is 34.2 Å². The summed E-state index contributed by atoms with van der Waals surface area (Å²) in [4.78, 5) is 51.9. The second kappa shape index (κ2) is 7.30. The van der Waals surface area contributed by atoms with E-state index in [4.69, 9.17) is 9.90 Å². The van der Waals surface area contributed by atoms with E-state index < -0.39 is 34.9 Å². The molecule has 0 amide bonds. The first kappa shape index (κ1) is 22.7. The molecule has 3 N–H and O–H groups in total. The van der Waals surface area contributed by atoms with Crippen molar-refractivity contribution in [1.82, 2.24) is 14.3 Å². The lowest BCUT2D eigenvalue weighted by Crippen LogP contribution is -2.29. The third kappa shape index (κ3) is 3.87. The fourth-order valence-corrected chi connectivity index (χ4v) is 4.73. The number of halogens is 3. The molecule has 0 spiro atoms. The van der Waals surface area contributed by atoms with Gasteiger partial charge in [0.15, 0.2) is 4.96 Å². The fourth-order valence-electron chi connectivity index (χ4n) is 3.88. The van der Waals surface area contributed by atoms with Crippen LogP contribution in [0.4, 0.5) is 13.2 Å². The second-order valence-corrected chi connectivity index (χ2v) is 8.69. The number of hydrogen-bond donors (Lipinski definition) is 3. The summed E-state index contributed by atoms with van der Waals surface area (Å²) in [6.07, 6.45) is -3.19. The van der Waals surface area contributed by atoms with Gasteiger partial charge in [-0.1, -0.05) is 0 Å². The molecule has 0 aromatic carbocycles. The number of carboxylic acid groups (broad SMARTS) is 3. The molecule has 2 aliphatic rings. The van der Waals surface area contributed by atoms with Crippen LogP contribution in [0.1, 0.15) is 17.0 Å². The normalized spacial score (nSPS) is 24.9. The Labute approximate surface area is 175 Å². The summed E-state index contributed by atoms with van der Waals surface area (Å²) in [5.74, 6) is -4.89. The minimum atomic E-state index is -5.08. The molecule has 1 aliphatic carbocycles. The summed E-state index contributed by atoms with van der Waals surface area (Å²) in [7, 11) is 0. The van der Waals surface area contributed by atoms with Crippen molar-refractivity contribution in [1.29, 1.82) is 0 Å². The summed E-state index contributed by atoms with van der Waals surface area (Å²) in [5.41, 5.74) is -2.08. The van der Waals surface area contributed by atoms with E-state index in [9.17, 15) is 37.8 Å². The van der Waals surface area contributed by atoms with Gasteiger partial charge in [0.05, 0.1) is 16.5 Å². The second-order valence-electron chi connectivity index (χ2n) is 7.48.